The summed E-state index contributed by atoms with van der Waals surface area (Å²) in [4.78, 5) is 12.0. The van der Waals surface area contributed by atoms with Gasteiger partial charge in [0.15, 0.2) is 11.5 Å². The smallest absolute Gasteiger partial charge is 0.416 e. The molecule has 0 saturated carbocycles. The van der Waals surface area contributed by atoms with Crippen LogP contribution >= 0.6 is 0 Å². The minimum atomic E-state index is -4.52. The van der Waals surface area contributed by atoms with E-state index in [1.165, 1.54) is 32.6 Å². The Hall–Kier alpha value is -3.03. The number of carbonyl (C=O) groups excluding carboxylic acids is 1. The standard InChI is InChI=1S/C18H17F3N2O3/c1-11-7-15(25-2)16(26-3)9-13(11)10-22-23-17(24)12-5-4-6-14(8-12)18(19,20)21/h4-10H,1-3H3,(H,23,24)/b22-10-. The first-order valence-corrected chi connectivity index (χ1v) is 7.49. The SMILES string of the molecule is COc1cc(C)c(/C=N\NC(=O)c2cccc(C(F)(F)F)c2)cc1OC. The van der Waals surface area contributed by atoms with E-state index < -0.39 is 17.6 Å². The molecule has 1 amide bonds. The van der Waals surface area contributed by atoms with Gasteiger partial charge in [0.25, 0.3) is 5.91 Å². The fourth-order valence-electron chi connectivity index (χ4n) is 2.20. The zero-order valence-electron chi connectivity index (χ0n) is 14.3. The minimum absolute atomic E-state index is 0.138. The number of carbonyl (C=O) groups is 1. The second-order valence-corrected chi connectivity index (χ2v) is 5.34. The molecule has 0 atom stereocenters. The molecule has 2 rings (SSSR count). The van der Waals surface area contributed by atoms with Crippen molar-refractivity contribution in [3.63, 3.8) is 0 Å². The van der Waals surface area contributed by atoms with E-state index in [2.05, 4.69) is 10.5 Å². The molecule has 0 unspecified atom stereocenters. The molecule has 0 aliphatic heterocycles. The van der Waals surface area contributed by atoms with Gasteiger partial charge in [-0.15, -0.1) is 0 Å². The molecule has 0 heterocycles. The van der Waals surface area contributed by atoms with E-state index in [9.17, 15) is 18.0 Å². The Morgan fingerprint density at radius 1 is 1.12 bits per heavy atom. The Kier molecular flexibility index (Phi) is 5.86. The Balaban J connectivity index is 2.15. The van der Waals surface area contributed by atoms with Crippen LogP contribution in [0.4, 0.5) is 13.2 Å². The molecule has 0 radical (unpaired) electrons. The van der Waals surface area contributed by atoms with Crippen LogP contribution in [0.15, 0.2) is 41.5 Å². The highest BCUT2D eigenvalue weighted by atomic mass is 19.4. The van der Waals surface area contributed by atoms with Gasteiger partial charge in [0.1, 0.15) is 0 Å². The molecule has 0 spiro atoms. The lowest BCUT2D eigenvalue weighted by molar-refractivity contribution is -0.137. The maximum Gasteiger partial charge on any atom is 0.416 e. The molecule has 138 valence electrons. The van der Waals surface area contributed by atoms with Crippen molar-refractivity contribution in [1.29, 1.82) is 0 Å². The molecular weight excluding hydrogens is 349 g/mol. The number of benzene rings is 2. The minimum Gasteiger partial charge on any atom is -0.493 e. The quantitative estimate of drug-likeness (QED) is 0.647. The Morgan fingerprint density at radius 3 is 2.38 bits per heavy atom. The van der Waals surface area contributed by atoms with E-state index >= 15 is 0 Å². The molecule has 0 aliphatic rings. The van der Waals surface area contributed by atoms with Gasteiger partial charge in [0.2, 0.25) is 0 Å². The fraction of sp³-hybridized carbons (Fsp3) is 0.222. The molecule has 8 heteroatoms. The van der Waals surface area contributed by atoms with E-state index in [-0.39, 0.29) is 5.56 Å². The van der Waals surface area contributed by atoms with Crippen LogP contribution < -0.4 is 14.9 Å². The number of alkyl halides is 3. The highest BCUT2D eigenvalue weighted by molar-refractivity contribution is 5.95. The summed E-state index contributed by atoms with van der Waals surface area (Å²) in [6.45, 7) is 1.82. The maximum absolute atomic E-state index is 12.7. The van der Waals surface area contributed by atoms with Crippen LogP contribution in [0.3, 0.4) is 0 Å². The third-order valence-electron chi connectivity index (χ3n) is 3.59. The molecule has 26 heavy (non-hydrogen) atoms. The first-order valence-electron chi connectivity index (χ1n) is 7.49. The van der Waals surface area contributed by atoms with Gasteiger partial charge in [-0.05, 0) is 42.8 Å². The Bertz CT molecular complexity index is 833. The highest BCUT2D eigenvalue weighted by Gasteiger charge is 2.30. The third kappa shape index (κ3) is 4.53. The van der Waals surface area contributed by atoms with Crippen LogP contribution in [0, 0.1) is 6.92 Å². The largest absolute Gasteiger partial charge is 0.493 e. The van der Waals surface area contributed by atoms with E-state index in [0.29, 0.717) is 17.1 Å². The summed E-state index contributed by atoms with van der Waals surface area (Å²) in [5.74, 6) is 0.296. The second kappa shape index (κ2) is 7.90. The summed E-state index contributed by atoms with van der Waals surface area (Å²) in [5, 5.41) is 3.80. The van der Waals surface area contributed by atoms with Gasteiger partial charge in [-0.1, -0.05) is 6.07 Å². The van der Waals surface area contributed by atoms with Crippen molar-refractivity contribution >= 4 is 12.1 Å². The van der Waals surface area contributed by atoms with Gasteiger partial charge in [-0.2, -0.15) is 18.3 Å². The summed E-state index contributed by atoms with van der Waals surface area (Å²) in [6, 6.07) is 7.53. The van der Waals surface area contributed by atoms with E-state index in [1.807, 2.05) is 6.92 Å². The van der Waals surface area contributed by atoms with Crippen molar-refractivity contribution in [1.82, 2.24) is 5.43 Å². The number of nitrogens with one attached hydrogen (secondary N) is 1. The fourth-order valence-corrected chi connectivity index (χ4v) is 2.20. The number of ether oxygens (including phenoxy) is 2. The van der Waals surface area contributed by atoms with Crippen LogP contribution in [0.5, 0.6) is 11.5 Å². The van der Waals surface area contributed by atoms with Gasteiger partial charge in [0, 0.05) is 11.1 Å². The van der Waals surface area contributed by atoms with Crippen molar-refractivity contribution in [3.05, 3.63) is 58.7 Å². The average molecular weight is 366 g/mol. The Morgan fingerprint density at radius 2 is 1.77 bits per heavy atom. The number of methoxy groups -OCH3 is 2. The molecule has 0 aliphatic carbocycles. The van der Waals surface area contributed by atoms with Crippen molar-refractivity contribution in [2.24, 2.45) is 5.10 Å². The zero-order chi connectivity index (χ0) is 19.3. The molecule has 0 fully saturated rings. The summed E-state index contributed by atoms with van der Waals surface area (Å²) in [5.41, 5.74) is 2.65. The number of aryl methyl sites for hydroxylation is 1. The number of hydrogen-bond acceptors (Lipinski definition) is 4. The number of halogens is 3. The van der Waals surface area contributed by atoms with Gasteiger partial charge in [0.05, 0.1) is 26.0 Å². The normalized spacial score (nSPS) is 11.5. The number of hydrogen-bond donors (Lipinski definition) is 1. The second-order valence-electron chi connectivity index (χ2n) is 5.34. The van der Waals surface area contributed by atoms with E-state index in [4.69, 9.17) is 9.47 Å². The van der Waals surface area contributed by atoms with Gasteiger partial charge in [-0.3, -0.25) is 4.79 Å². The predicted molar refractivity (Wildman–Crippen MR) is 90.8 cm³/mol. The maximum atomic E-state index is 12.7. The molecule has 5 nitrogen and oxygen atoms in total. The predicted octanol–water partition coefficient (Wildman–Crippen LogP) is 3.79. The lowest BCUT2D eigenvalue weighted by Crippen LogP contribution is -2.18. The third-order valence-corrected chi connectivity index (χ3v) is 3.59. The number of nitrogens with zero attached hydrogens (tertiary/aromatic N) is 1. The summed E-state index contributed by atoms with van der Waals surface area (Å²) >= 11 is 0. The zero-order valence-corrected chi connectivity index (χ0v) is 14.3. The molecule has 1 N–H and O–H groups in total. The molecular formula is C18H17F3N2O3. The van der Waals surface area contributed by atoms with Crippen LogP contribution in [-0.4, -0.2) is 26.3 Å². The van der Waals surface area contributed by atoms with Crippen molar-refractivity contribution in [2.45, 2.75) is 13.1 Å². The monoisotopic (exact) mass is 366 g/mol. The summed E-state index contributed by atoms with van der Waals surface area (Å²) in [7, 11) is 3.00. The van der Waals surface area contributed by atoms with Gasteiger partial charge in [-0.25, -0.2) is 5.43 Å². The van der Waals surface area contributed by atoms with Crippen LogP contribution in [0.25, 0.3) is 0 Å². The molecule has 0 aromatic heterocycles. The molecule has 2 aromatic rings. The number of hydrazone groups is 1. The van der Waals surface area contributed by atoms with Gasteiger partial charge >= 0.3 is 6.18 Å². The van der Waals surface area contributed by atoms with Crippen molar-refractivity contribution < 1.29 is 27.4 Å². The first kappa shape index (κ1) is 19.3. The van der Waals surface area contributed by atoms with Crippen molar-refractivity contribution in [3.8, 4) is 11.5 Å². The molecule has 2 aromatic carbocycles. The number of amides is 1. The first-order chi connectivity index (χ1) is 12.3. The topological polar surface area (TPSA) is 59.9 Å². The Labute approximate surface area is 148 Å². The summed E-state index contributed by atoms with van der Waals surface area (Å²) in [6.07, 6.45) is -3.14. The van der Waals surface area contributed by atoms with Crippen LogP contribution in [0.2, 0.25) is 0 Å². The summed E-state index contributed by atoms with van der Waals surface area (Å²) < 4.78 is 48.5. The lowest BCUT2D eigenvalue weighted by Gasteiger charge is -2.10. The lowest BCUT2D eigenvalue weighted by atomic mass is 10.1. The highest BCUT2D eigenvalue weighted by Crippen LogP contribution is 2.30. The van der Waals surface area contributed by atoms with Crippen LogP contribution in [-0.2, 0) is 6.18 Å². The average Bonchev–Trinajstić information content (AvgIpc) is 2.61. The van der Waals surface area contributed by atoms with E-state index in [1.54, 1.807) is 12.1 Å². The van der Waals surface area contributed by atoms with Crippen LogP contribution in [0.1, 0.15) is 27.0 Å². The number of rotatable bonds is 5. The molecule has 0 saturated heterocycles. The van der Waals surface area contributed by atoms with Gasteiger partial charge < -0.3 is 9.47 Å². The van der Waals surface area contributed by atoms with E-state index in [0.717, 1.165) is 17.7 Å². The van der Waals surface area contributed by atoms with Crippen molar-refractivity contribution in [2.75, 3.05) is 14.2 Å². The molecule has 0 bridgehead atoms.